The molecule has 0 saturated carbocycles. The van der Waals surface area contributed by atoms with Gasteiger partial charge < -0.3 is 14.8 Å². The van der Waals surface area contributed by atoms with Gasteiger partial charge >= 0.3 is 0 Å². The number of amides is 1. The Balaban J connectivity index is 1.65. The van der Waals surface area contributed by atoms with Gasteiger partial charge in [-0.05, 0) is 49.7 Å². The number of ether oxygens (including phenoxy) is 2. The van der Waals surface area contributed by atoms with Crippen molar-refractivity contribution in [3.8, 4) is 11.5 Å². The summed E-state index contributed by atoms with van der Waals surface area (Å²) in [7, 11) is 0. The maximum atomic E-state index is 13.3. The van der Waals surface area contributed by atoms with Crippen molar-refractivity contribution in [1.82, 2.24) is 14.8 Å². The summed E-state index contributed by atoms with van der Waals surface area (Å²) in [6, 6.07) is 11.5. The third kappa shape index (κ3) is 6.34. The van der Waals surface area contributed by atoms with Gasteiger partial charge in [0.2, 0.25) is 5.91 Å². The molecule has 3 aromatic rings. The number of carbonyl (C=O) groups is 1. The standard InChI is InChI=1S/C23H25FN4O3S/c1-4-11-28-21(14-31-19-10-9-16(3)12-20(19)30-5-2)26-27-23(28)32-15-22(29)25-18-8-6-7-17(24)13-18/h4,6-10,12-13H,1,5,11,14-15H2,2-3H3,(H,25,29). The van der Waals surface area contributed by atoms with E-state index < -0.39 is 5.82 Å². The van der Waals surface area contributed by atoms with Gasteiger partial charge in [-0.25, -0.2) is 4.39 Å². The number of nitrogens with zero attached hydrogens (tertiary/aromatic N) is 3. The summed E-state index contributed by atoms with van der Waals surface area (Å²) < 4.78 is 26.7. The fourth-order valence-corrected chi connectivity index (χ4v) is 3.65. The van der Waals surface area contributed by atoms with Gasteiger partial charge in [0, 0.05) is 12.2 Å². The average molecular weight is 457 g/mol. The second-order valence-corrected chi connectivity index (χ2v) is 7.76. The van der Waals surface area contributed by atoms with Crippen LogP contribution in [0.2, 0.25) is 0 Å². The van der Waals surface area contributed by atoms with Crippen LogP contribution in [0.5, 0.6) is 11.5 Å². The zero-order chi connectivity index (χ0) is 22.9. The lowest BCUT2D eigenvalue weighted by molar-refractivity contribution is -0.113. The topological polar surface area (TPSA) is 78.3 Å². The number of aromatic nitrogens is 3. The molecule has 168 valence electrons. The lowest BCUT2D eigenvalue weighted by Crippen LogP contribution is -2.15. The van der Waals surface area contributed by atoms with Gasteiger partial charge in [-0.15, -0.1) is 16.8 Å². The summed E-state index contributed by atoms with van der Waals surface area (Å²) in [4.78, 5) is 12.2. The molecular formula is C23H25FN4O3S. The molecule has 0 aliphatic rings. The van der Waals surface area contributed by atoms with Crippen molar-refractivity contribution < 1.29 is 18.7 Å². The van der Waals surface area contributed by atoms with E-state index in [-0.39, 0.29) is 18.3 Å². The van der Waals surface area contributed by atoms with E-state index in [9.17, 15) is 9.18 Å². The van der Waals surface area contributed by atoms with Gasteiger partial charge in [0.1, 0.15) is 12.4 Å². The molecule has 0 atom stereocenters. The molecule has 3 rings (SSSR count). The minimum atomic E-state index is -0.410. The molecule has 32 heavy (non-hydrogen) atoms. The highest BCUT2D eigenvalue weighted by atomic mass is 32.2. The van der Waals surface area contributed by atoms with Crippen LogP contribution in [0.15, 0.2) is 60.3 Å². The number of anilines is 1. The molecule has 0 saturated heterocycles. The zero-order valence-corrected chi connectivity index (χ0v) is 18.8. The van der Waals surface area contributed by atoms with E-state index in [2.05, 4.69) is 22.1 Å². The number of allylic oxidation sites excluding steroid dienone is 1. The summed E-state index contributed by atoms with van der Waals surface area (Å²) in [6.07, 6.45) is 1.72. The molecule has 1 N–H and O–H groups in total. The van der Waals surface area contributed by atoms with Crippen LogP contribution in [0.25, 0.3) is 0 Å². The highest BCUT2D eigenvalue weighted by molar-refractivity contribution is 7.99. The molecule has 0 fully saturated rings. The summed E-state index contributed by atoms with van der Waals surface area (Å²) >= 11 is 1.23. The number of nitrogens with one attached hydrogen (secondary N) is 1. The van der Waals surface area contributed by atoms with Crippen LogP contribution in [0.1, 0.15) is 18.3 Å². The lowest BCUT2D eigenvalue weighted by Gasteiger charge is -2.13. The maximum Gasteiger partial charge on any atom is 0.234 e. The molecule has 0 aliphatic carbocycles. The molecule has 1 aromatic heterocycles. The summed E-state index contributed by atoms with van der Waals surface area (Å²) in [5, 5.41) is 11.6. The third-order valence-electron chi connectivity index (χ3n) is 4.30. The van der Waals surface area contributed by atoms with E-state index in [0.29, 0.717) is 41.3 Å². The molecular weight excluding hydrogens is 431 g/mol. The molecule has 2 aromatic carbocycles. The number of hydrogen-bond acceptors (Lipinski definition) is 6. The van der Waals surface area contributed by atoms with Crippen LogP contribution in [-0.2, 0) is 17.9 Å². The first-order valence-electron chi connectivity index (χ1n) is 10.1. The van der Waals surface area contributed by atoms with Crippen molar-refractivity contribution in [1.29, 1.82) is 0 Å². The van der Waals surface area contributed by atoms with E-state index in [4.69, 9.17) is 9.47 Å². The van der Waals surface area contributed by atoms with Gasteiger partial charge in [-0.2, -0.15) is 0 Å². The maximum absolute atomic E-state index is 13.3. The largest absolute Gasteiger partial charge is 0.490 e. The van der Waals surface area contributed by atoms with Crippen molar-refractivity contribution >= 4 is 23.4 Å². The summed E-state index contributed by atoms with van der Waals surface area (Å²) in [5.74, 6) is 1.31. The molecule has 0 unspecified atom stereocenters. The first-order chi connectivity index (χ1) is 15.5. The van der Waals surface area contributed by atoms with Gasteiger partial charge in [0.15, 0.2) is 22.5 Å². The minimum absolute atomic E-state index is 0.0963. The van der Waals surface area contributed by atoms with Crippen molar-refractivity contribution in [2.45, 2.75) is 32.2 Å². The van der Waals surface area contributed by atoms with Crippen LogP contribution >= 0.6 is 11.8 Å². The number of aryl methyl sites for hydroxylation is 1. The van der Waals surface area contributed by atoms with Crippen LogP contribution in [0, 0.1) is 12.7 Å². The van der Waals surface area contributed by atoms with Crippen LogP contribution in [0.4, 0.5) is 10.1 Å². The smallest absolute Gasteiger partial charge is 0.234 e. The monoisotopic (exact) mass is 456 g/mol. The number of halogens is 1. The number of thioether (sulfide) groups is 1. The summed E-state index contributed by atoms with van der Waals surface area (Å²) in [5.41, 5.74) is 1.48. The number of rotatable bonds is 11. The molecule has 0 radical (unpaired) electrons. The molecule has 0 aliphatic heterocycles. The van der Waals surface area contributed by atoms with Gasteiger partial charge in [0.05, 0.1) is 12.4 Å². The first-order valence-corrected chi connectivity index (χ1v) is 11.1. The van der Waals surface area contributed by atoms with E-state index in [0.717, 1.165) is 5.56 Å². The second-order valence-electron chi connectivity index (χ2n) is 6.82. The Hall–Kier alpha value is -3.33. The lowest BCUT2D eigenvalue weighted by atomic mass is 10.2. The quantitative estimate of drug-likeness (QED) is 0.335. The Morgan fingerprint density at radius 2 is 2.06 bits per heavy atom. The minimum Gasteiger partial charge on any atom is -0.490 e. The van der Waals surface area contributed by atoms with Crippen molar-refractivity contribution in [3.05, 3.63) is 72.3 Å². The molecule has 9 heteroatoms. The highest BCUT2D eigenvalue weighted by Gasteiger charge is 2.15. The molecule has 7 nitrogen and oxygen atoms in total. The first kappa shape index (κ1) is 23.3. The number of benzene rings is 2. The normalized spacial score (nSPS) is 10.6. The fraction of sp³-hybridized carbons (Fsp3) is 0.261. The van der Waals surface area contributed by atoms with Crippen molar-refractivity contribution in [2.75, 3.05) is 17.7 Å². The van der Waals surface area contributed by atoms with Crippen molar-refractivity contribution in [3.63, 3.8) is 0 Å². The Morgan fingerprint density at radius 3 is 2.81 bits per heavy atom. The Kier molecular flexibility index (Phi) is 8.27. The Labute approximate surface area is 190 Å². The SMILES string of the molecule is C=CCn1c(COc2ccc(C)cc2OCC)nnc1SCC(=O)Nc1cccc(F)c1. The van der Waals surface area contributed by atoms with Gasteiger partial charge in [-0.1, -0.05) is 30.0 Å². The van der Waals surface area contributed by atoms with Crippen LogP contribution in [-0.4, -0.2) is 33.0 Å². The van der Waals surface area contributed by atoms with E-state index in [1.54, 1.807) is 12.1 Å². The van der Waals surface area contributed by atoms with Crippen molar-refractivity contribution in [2.24, 2.45) is 0 Å². The molecule has 0 spiro atoms. The van der Waals surface area contributed by atoms with E-state index in [1.807, 2.05) is 36.6 Å². The van der Waals surface area contributed by atoms with E-state index >= 15 is 0 Å². The number of hydrogen-bond donors (Lipinski definition) is 1. The second kappa shape index (κ2) is 11.3. The molecule has 1 amide bonds. The Bertz CT molecular complexity index is 1090. The Morgan fingerprint density at radius 1 is 1.22 bits per heavy atom. The third-order valence-corrected chi connectivity index (χ3v) is 5.27. The zero-order valence-electron chi connectivity index (χ0n) is 18.0. The predicted molar refractivity (Wildman–Crippen MR) is 123 cm³/mol. The van der Waals surface area contributed by atoms with Gasteiger partial charge in [0.25, 0.3) is 0 Å². The molecule has 1 heterocycles. The molecule has 0 bridgehead atoms. The number of carbonyl (C=O) groups excluding carboxylic acids is 1. The fourth-order valence-electron chi connectivity index (χ4n) is 2.88. The predicted octanol–water partition coefficient (Wildman–Crippen LogP) is 4.62. The van der Waals surface area contributed by atoms with E-state index in [1.165, 1.54) is 30.0 Å². The van der Waals surface area contributed by atoms with Gasteiger partial charge in [-0.3, -0.25) is 9.36 Å². The van der Waals surface area contributed by atoms with Crippen LogP contribution in [0.3, 0.4) is 0 Å². The average Bonchev–Trinajstić information content (AvgIpc) is 3.14. The van der Waals surface area contributed by atoms with Crippen LogP contribution < -0.4 is 14.8 Å². The highest BCUT2D eigenvalue weighted by Crippen LogP contribution is 2.29. The summed E-state index contributed by atoms with van der Waals surface area (Å²) in [6.45, 7) is 8.86.